The first-order valence-electron chi connectivity index (χ1n) is 8.26. The third kappa shape index (κ3) is 4.82. The van der Waals surface area contributed by atoms with Crippen molar-refractivity contribution >= 4 is 0 Å². The third-order valence-electron chi connectivity index (χ3n) is 4.54. The zero-order chi connectivity index (χ0) is 15.5. The number of aliphatic hydroxyl groups excluding tert-OH is 1. The maximum absolute atomic E-state index is 10.3. The van der Waals surface area contributed by atoms with E-state index in [4.69, 9.17) is 4.74 Å². The second-order valence-corrected chi connectivity index (χ2v) is 7.61. The Balaban J connectivity index is 1.87. The van der Waals surface area contributed by atoms with Gasteiger partial charge in [-0.2, -0.15) is 0 Å². The molecule has 1 aliphatic rings. The molecule has 3 atom stereocenters. The molecular formula is C19H30O2. The van der Waals surface area contributed by atoms with Gasteiger partial charge in [0.1, 0.15) is 6.10 Å². The summed E-state index contributed by atoms with van der Waals surface area (Å²) in [5.41, 5.74) is 2.39. The third-order valence-corrected chi connectivity index (χ3v) is 4.54. The molecule has 1 saturated carbocycles. The fourth-order valence-corrected chi connectivity index (χ4v) is 3.06. The van der Waals surface area contributed by atoms with Crippen molar-refractivity contribution in [2.75, 3.05) is 6.61 Å². The van der Waals surface area contributed by atoms with Crippen molar-refractivity contribution in [3.63, 3.8) is 0 Å². The topological polar surface area (TPSA) is 29.5 Å². The van der Waals surface area contributed by atoms with Crippen LogP contribution in [0, 0.1) is 5.92 Å². The van der Waals surface area contributed by atoms with Crippen molar-refractivity contribution in [3.8, 4) is 0 Å². The lowest BCUT2D eigenvalue weighted by atomic mass is 9.86. The molecular weight excluding hydrogens is 260 g/mol. The Morgan fingerprint density at radius 1 is 1.19 bits per heavy atom. The number of benzene rings is 1. The summed E-state index contributed by atoms with van der Waals surface area (Å²) < 4.78 is 5.92. The van der Waals surface area contributed by atoms with E-state index in [0.29, 0.717) is 12.7 Å². The predicted molar refractivity (Wildman–Crippen MR) is 87.5 cm³/mol. The molecule has 1 aromatic rings. The highest BCUT2D eigenvalue weighted by Crippen LogP contribution is 2.27. The average Bonchev–Trinajstić information content (AvgIpc) is 2.44. The minimum Gasteiger partial charge on any atom is -0.386 e. The number of aliphatic hydroxyl groups is 1. The highest BCUT2D eigenvalue weighted by atomic mass is 16.5. The number of rotatable bonds is 4. The van der Waals surface area contributed by atoms with Crippen LogP contribution in [0.4, 0.5) is 0 Å². The molecule has 3 unspecified atom stereocenters. The molecule has 118 valence electrons. The average molecular weight is 290 g/mol. The standard InChI is InChI=1S/C19H30O2/c1-14-6-5-7-17(12-14)21-13-18(20)15-8-10-16(11-9-15)19(2,3)4/h8-11,14,17-18,20H,5-7,12-13H2,1-4H3. The summed E-state index contributed by atoms with van der Waals surface area (Å²) in [4.78, 5) is 0. The summed E-state index contributed by atoms with van der Waals surface area (Å²) in [5.74, 6) is 0.756. The van der Waals surface area contributed by atoms with Crippen molar-refractivity contribution in [2.45, 2.75) is 71.0 Å². The van der Waals surface area contributed by atoms with E-state index in [-0.39, 0.29) is 5.41 Å². The molecule has 2 rings (SSSR count). The highest BCUT2D eigenvalue weighted by Gasteiger charge is 2.21. The number of hydrogen-bond donors (Lipinski definition) is 1. The van der Waals surface area contributed by atoms with Crippen LogP contribution in [0.5, 0.6) is 0 Å². The molecule has 0 spiro atoms. The first-order chi connectivity index (χ1) is 9.86. The largest absolute Gasteiger partial charge is 0.386 e. The van der Waals surface area contributed by atoms with Gasteiger partial charge in [-0.1, -0.05) is 64.8 Å². The van der Waals surface area contributed by atoms with Crippen molar-refractivity contribution in [2.24, 2.45) is 5.92 Å². The molecule has 0 amide bonds. The van der Waals surface area contributed by atoms with Crippen LogP contribution >= 0.6 is 0 Å². The van der Waals surface area contributed by atoms with E-state index >= 15 is 0 Å². The van der Waals surface area contributed by atoms with Gasteiger partial charge in [0.2, 0.25) is 0 Å². The minimum absolute atomic E-state index is 0.151. The van der Waals surface area contributed by atoms with E-state index in [1.165, 1.54) is 18.4 Å². The Kier molecular flexibility index (Phi) is 5.45. The fraction of sp³-hybridized carbons (Fsp3) is 0.684. The van der Waals surface area contributed by atoms with Gasteiger partial charge in [-0.15, -0.1) is 0 Å². The minimum atomic E-state index is -0.517. The van der Waals surface area contributed by atoms with E-state index in [2.05, 4.69) is 39.8 Å². The Hall–Kier alpha value is -0.860. The van der Waals surface area contributed by atoms with Gasteiger partial charge >= 0.3 is 0 Å². The Morgan fingerprint density at radius 3 is 2.43 bits per heavy atom. The molecule has 0 radical (unpaired) electrons. The van der Waals surface area contributed by atoms with Gasteiger partial charge in [0.05, 0.1) is 12.7 Å². The van der Waals surface area contributed by atoms with Crippen LogP contribution in [-0.4, -0.2) is 17.8 Å². The molecule has 0 aromatic heterocycles. The smallest absolute Gasteiger partial charge is 0.102 e. The molecule has 1 aliphatic carbocycles. The summed E-state index contributed by atoms with van der Waals surface area (Å²) >= 11 is 0. The highest BCUT2D eigenvalue weighted by molar-refractivity contribution is 5.28. The fourth-order valence-electron chi connectivity index (χ4n) is 3.06. The summed E-state index contributed by atoms with van der Waals surface area (Å²) in [6, 6.07) is 8.28. The maximum Gasteiger partial charge on any atom is 0.102 e. The van der Waals surface area contributed by atoms with Gasteiger partial charge in [-0.05, 0) is 35.3 Å². The van der Waals surface area contributed by atoms with Crippen LogP contribution in [-0.2, 0) is 10.2 Å². The Labute approximate surface area is 129 Å². The van der Waals surface area contributed by atoms with E-state index in [1.807, 2.05) is 12.1 Å². The molecule has 1 N–H and O–H groups in total. The van der Waals surface area contributed by atoms with Gasteiger partial charge in [-0.3, -0.25) is 0 Å². The Bertz CT molecular complexity index is 430. The van der Waals surface area contributed by atoms with Crippen molar-refractivity contribution < 1.29 is 9.84 Å². The van der Waals surface area contributed by atoms with Gasteiger partial charge < -0.3 is 9.84 Å². The van der Waals surface area contributed by atoms with E-state index in [1.54, 1.807) is 0 Å². The summed E-state index contributed by atoms with van der Waals surface area (Å²) in [6.07, 6.45) is 4.66. The van der Waals surface area contributed by atoms with Crippen molar-refractivity contribution in [1.29, 1.82) is 0 Å². The molecule has 21 heavy (non-hydrogen) atoms. The summed E-state index contributed by atoms with van der Waals surface area (Å²) in [6.45, 7) is 9.30. The van der Waals surface area contributed by atoms with Gasteiger partial charge in [0, 0.05) is 0 Å². The van der Waals surface area contributed by atoms with E-state index in [0.717, 1.165) is 24.3 Å². The molecule has 2 nitrogen and oxygen atoms in total. The lowest BCUT2D eigenvalue weighted by Crippen LogP contribution is -2.23. The normalized spacial score (nSPS) is 24.8. The van der Waals surface area contributed by atoms with Crippen LogP contribution < -0.4 is 0 Å². The maximum atomic E-state index is 10.3. The van der Waals surface area contributed by atoms with Crippen molar-refractivity contribution in [1.82, 2.24) is 0 Å². The summed E-state index contributed by atoms with van der Waals surface area (Å²) in [5, 5.41) is 10.3. The molecule has 0 heterocycles. The van der Waals surface area contributed by atoms with Gasteiger partial charge in [0.15, 0.2) is 0 Å². The van der Waals surface area contributed by atoms with Crippen LogP contribution in [0.25, 0.3) is 0 Å². The SMILES string of the molecule is CC1CCCC(OCC(O)c2ccc(C(C)(C)C)cc2)C1. The van der Waals surface area contributed by atoms with Gasteiger partial charge in [0.25, 0.3) is 0 Å². The molecule has 2 heteroatoms. The monoisotopic (exact) mass is 290 g/mol. The van der Waals surface area contributed by atoms with Crippen molar-refractivity contribution in [3.05, 3.63) is 35.4 Å². The lowest BCUT2D eigenvalue weighted by molar-refractivity contribution is -0.0322. The first kappa shape index (κ1) is 16.5. The number of ether oxygens (including phenoxy) is 1. The number of hydrogen-bond acceptors (Lipinski definition) is 2. The van der Waals surface area contributed by atoms with E-state index < -0.39 is 6.10 Å². The van der Waals surface area contributed by atoms with E-state index in [9.17, 15) is 5.11 Å². The zero-order valence-electron chi connectivity index (χ0n) is 13.9. The zero-order valence-corrected chi connectivity index (χ0v) is 13.9. The van der Waals surface area contributed by atoms with Crippen LogP contribution in [0.15, 0.2) is 24.3 Å². The molecule has 0 bridgehead atoms. The summed E-state index contributed by atoms with van der Waals surface area (Å²) in [7, 11) is 0. The quantitative estimate of drug-likeness (QED) is 0.877. The molecule has 0 aliphatic heterocycles. The predicted octanol–water partition coefficient (Wildman–Crippen LogP) is 4.61. The van der Waals surface area contributed by atoms with Crippen LogP contribution in [0.2, 0.25) is 0 Å². The second-order valence-electron chi connectivity index (χ2n) is 7.61. The Morgan fingerprint density at radius 2 is 1.86 bits per heavy atom. The second kappa shape index (κ2) is 6.93. The van der Waals surface area contributed by atoms with Crippen LogP contribution in [0.3, 0.4) is 0 Å². The van der Waals surface area contributed by atoms with Crippen LogP contribution in [0.1, 0.15) is 70.6 Å². The lowest BCUT2D eigenvalue weighted by Gasteiger charge is -2.27. The molecule has 0 saturated heterocycles. The molecule has 1 fully saturated rings. The first-order valence-corrected chi connectivity index (χ1v) is 8.26. The van der Waals surface area contributed by atoms with Gasteiger partial charge in [-0.25, -0.2) is 0 Å². The molecule has 1 aromatic carbocycles.